The van der Waals surface area contributed by atoms with Crippen molar-refractivity contribution < 1.29 is 37.4 Å². The zero-order valence-electron chi connectivity index (χ0n) is 6.02. The first kappa shape index (κ1) is 14.9. The molecule has 80 valence electrons. The van der Waals surface area contributed by atoms with Gasteiger partial charge in [-0.05, 0) is 0 Å². The van der Waals surface area contributed by atoms with E-state index in [0.29, 0.717) is 0 Å². The molecule has 10 heteroatoms. The third-order valence-electron chi connectivity index (χ3n) is 0.480. The highest BCUT2D eigenvalue weighted by Crippen LogP contribution is 2.30. The Morgan fingerprint density at radius 2 is 1.54 bits per heavy atom. The number of aliphatic carboxylic acids is 1. The highest BCUT2D eigenvalue weighted by atomic mass is 31.2. The second-order valence-electron chi connectivity index (χ2n) is 1.65. The van der Waals surface area contributed by atoms with Gasteiger partial charge in [-0.15, -0.1) is 0 Å². The number of halogens is 3. The van der Waals surface area contributed by atoms with E-state index in [1.807, 2.05) is 0 Å². The molecule has 0 saturated heterocycles. The van der Waals surface area contributed by atoms with Crippen LogP contribution in [-0.2, 0) is 9.36 Å². The smallest absolute Gasteiger partial charge is 0.475 e. The number of carbonyl (C=O) groups is 1. The fourth-order valence-electron chi connectivity index (χ4n) is 0. The number of alkyl halides is 3. The van der Waals surface area contributed by atoms with Crippen LogP contribution in [0, 0.1) is 0 Å². The summed E-state index contributed by atoms with van der Waals surface area (Å²) in [7, 11) is -3.87. The van der Waals surface area contributed by atoms with Gasteiger partial charge in [0.15, 0.2) is 0 Å². The molecule has 0 aliphatic heterocycles. The molecule has 0 unspecified atom stereocenters. The van der Waals surface area contributed by atoms with Crippen LogP contribution in [0.3, 0.4) is 0 Å². The van der Waals surface area contributed by atoms with Crippen LogP contribution in [0.4, 0.5) is 13.2 Å². The van der Waals surface area contributed by atoms with E-state index >= 15 is 0 Å². The van der Waals surface area contributed by atoms with Crippen LogP contribution < -0.4 is 5.73 Å². The number of carboxylic acid groups (broad SMARTS) is 1. The predicted molar refractivity (Wildman–Crippen MR) is 34.8 cm³/mol. The number of rotatable bonds is 1. The molecule has 0 heterocycles. The highest BCUT2D eigenvalue weighted by Gasteiger charge is 2.38. The van der Waals surface area contributed by atoms with Crippen LogP contribution in [0.5, 0.6) is 0 Å². The van der Waals surface area contributed by atoms with Crippen LogP contribution in [-0.4, -0.2) is 33.3 Å². The summed E-state index contributed by atoms with van der Waals surface area (Å²) in [5, 5.41) is 7.12. The van der Waals surface area contributed by atoms with Crippen molar-refractivity contribution in [3.63, 3.8) is 0 Å². The topological polar surface area (TPSA) is 121 Å². The van der Waals surface area contributed by atoms with Crippen LogP contribution in [0.1, 0.15) is 0 Å². The minimum Gasteiger partial charge on any atom is -0.475 e. The monoisotopic (exact) mass is 225 g/mol. The standard InChI is InChI=1S/C2HF3O2.CH6NO3P/c3-2(4,5)1(6)7;2-1-6(3,4)5/h(H,6,7);1-2H2,(H2,3,4,5). The lowest BCUT2D eigenvalue weighted by atomic mass is 10.7. The first-order chi connectivity index (χ1) is 5.50. The average molecular weight is 225 g/mol. The summed E-state index contributed by atoms with van der Waals surface area (Å²) in [6.07, 6.45) is -5.65. The molecule has 0 aliphatic rings. The zero-order valence-corrected chi connectivity index (χ0v) is 6.92. The van der Waals surface area contributed by atoms with Gasteiger partial charge in [-0.1, -0.05) is 0 Å². The Balaban J connectivity index is 0. The molecular formula is C3H7F3NO5P. The summed E-state index contributed by atoms with van der Waals surface area (Å²) < 4.78 is 41.3. The first-order valence-electron chi connectivity index (χ1n) is 2.55. The van der Waals surface area contributed by atoms with E-state index in [4.69, 9.17) is 19.7 Å². The van der Waals surface area contributed by atoms with Gasteiger partial charge in [-0.2, -0.15) is 13.2 Å². The summed E-state index contributed by atoms with van der Waals surface area (Å²) in [6.45, 7) is 0. The molecule has 0 rings (SSSR count). The van der Waals surface area contributed by atoms with Gasteiger partial charge in [-0.3, -0.25) is 4.57 Å². The van der Waals surface area contributed by atoms with Crippen LogP contribution in [0.15, 0.2) is 0 Å². The van der Waals surface area contributed by atoms with Gasteiger partial charge in [0.1, 0.15) is 0 Å². The maximum Gasteiger partial charge on any atom is 0.490 e. The van der Waals surface area contributed by atoms with Crippen LogP contribution >= 0.6 is 7.60 Å². The van der Waals surface area contributed by atoms with Crippen molar-refractivity contribution in [3.05, 3.63) is 0 Å². The van der Waals surface area contributed by atoms with Crippen molar-refractivity contribution >= 4 is 13.6 Å². The Labute approximate surface area is 70.3 Å². The molecule has 6 nitrogen and oxygen atoms in total. The molecule has 0 amide bonds. The molecule has 0 atom stereocenters. The summed E-state index contributed by atoms with van der Waals surface area (Å²) >= 11 is 0. The molecule has 0 fully saturated rings. The van der Waals surface area contributed by atoms with Crippen molar-refractivity contribution in [1.29, 1.82) is 0 Å². The van der Waals surface area contributed by atoms with Gasteiger partial charge in [-0.25, -0.2) is 4.79 Å². The molecule has 0 aromatic rings. The number of nitrogens with two attached hydrogens (primary N) is 1. The highest BCUT2D eigenvalue weighted by molar-refractivity contribution is 7.51. The van der Waals surface area contributed by atoms with Gasteiger partial charge in [0.05, 0.1) is 6.29 Å². The Morgan fingerprint density at radius 1 is 1.38 bits per heavy atom. The first-order valence-corrected chi connectivity index (χ1v) is 4.35. The molecule has 0 radical (unpaired) electrons. The summed E-state index contributed by atoms with van der Waals surface area (Å²) in [4.78, 5) is 24.5. The van der Waals surface area contributed by atoms with E-state index < -0.39 is 26.0 Å². The second-order valence-corrected chi connectivity index (χ2v) is 3.34. The molecule has 0 aliphatic carbocycles. The van der Waals surface area contributed by atoms with E-state index in [-0.39, 0.29) is 0 Å². The maximum absolute atomic E-state index is 10.6. The lowest BCUT2D eigenvalue weighted by Gasteiger charge is -1.93. The van der Waals surface area contributed by atoms with Crippen LogP contribution in [0.2, 0.25) is 0 Å². The van der Waals surface area contributed by atoms with Crippen molar-refractivity contribution in [2.24, 2.45) is 5.73 Å². The van der Waals surface area contributed by atoms with Gasteiger partial charge in [0.2, 0.25) is 0 Å². The third-order valence-corrected chi connectivity index (χ3v) is 0.956. The lowest BCUT2D eigenvalue weighted by Crippen LogP contribution is -2.21. The van der Waals surface area contributed by atoms with E-state index in [1.165, 1.54) is 0 Å². The van der Waals surface area contributed by atoms with Gasteiger partial charge < -0.3 is 20.6 Å². The second kappa shape index (κ2) is 5.18. The molecule has 0 saturated carbocycles. The molecule has 0 spiro atoms. The van der Waals surface area contributed by atoms with Crippen molar-refractivity contribution in [2.75, 3.05) is 6.29 Å². The summed E-state index contributed by atoms with van der Waals surface area (Å²) in [5.74, 6) is -2.76. The minimum absolute atomic E-state index is 0.562. The SMILES string of the molecule is NCP(=O)(O)O.O=C(O)C(F)(F)F. The average Bonchev–Trinajstić information content (AvgIpc) is 1.85. The fraction of sp³-hybridized carbons (Fsp3) is 0.667. The molecule has 5 N–H and O–H groups in total. The maximum atomic E-state index is 10.6. The van der Waals surface area contributed by atoms with Gasteiger partial charge in [0.25, 0.3) is 0 Å². The normalized spacial score (nSPS) is 11.5. The van der Waals surface area contributed by atoms with Crippen molar-refractivity contribution in [1.82, 2.24) is 0 Å². The van der Waals surface area contributed by atoms with Gasteiger partial charge in [0, 0.05) is 0 Å². The van der Waals surface area contributed by atoms with Crippen molar-refractivity contribution in [2.45, 2.75) is 6.18 Å². The number of hydrogen-bond acceptors (Lipinski definition) is 3. The summed E-state index contributed by atoms with van der Waals surface area (Å²) in [6, 6.07) is 0. The predicted octanol–water partition coefficient (Wildman–Crippen LogP) is -0.286. The Kier molecular flexibility index (Phi) is 5.92. The van der Waals surface area contributed by atoms with Crippen LogP contribution in [0.25, 0.3) is 0 Å². The Morgan fingerprint density at radius 3 is 1.54 bits per heavy atom. The quantitative estimate of drug-likeness (QED) is 0.455. The van der Waals surface area contributed by atoms with E-state index in [1.54, 1.807) is 0 Å². The van der Waals surface area contributed by atoms with Gasteiger partial charge >= 0.3 is 19.7 Å². The summed E-state index contributed by atoms with van der Waals surface area (Å²) in [5.41, 5.74) is 4.54. The lowest BCUT2D eigenvalue weighted by molar-refractivity contribution is -0.192. The number of hydrogen-bond donors (Lipinski definition) is 4. The zero-order chi connectivity index (χ0) is 11.3. The molecular weight excluding hydrogens is 218 g/mol. The van der Waals surface area contributed by atoms with E-state index in [2.05, 4.69) is 5.73 Å². The third kappa shape index (κ3) is 14.2. The minimum atomic E-state index is -5.08. The molecule has 0 bridgehead atoms. The largest absolute Gasteiger partial charge is 0.490 e. The molecule has 13 heavy (non-hydrogen) atoms. The molecule has 0 aromatic carbocycles. The van der Waals surface area contributed by atoms with E-state index in [9.17, 15) is 17.7 Å². The van der Waals surface area contributed by atoms with E-state index in [0.717, 1.165) is 0 Å². The fourth-order valence-corrected chi connectivity index (χ4v) is 0. The Hall–Kier alpha value is -0.630. The Bertz CT molecular complexity index is 210. The van der Waals surface area contributed by atoms with Crippen molar-refractivity contribution in [3.8, 4) is 0 Å². The number of carboxylic acids is 1. The molecule has 0 aromatic heterocycles.